The molecular weight excluding hydrogens is 170 g/mol. The molecule has 12 heavy (non-hydrogen) atoms. The van der Waals surface area contributed by atoms with Gasteiger partial charge in [0.2, 0.25) is 5.91 Å². The van der Waals surface area contributed by atoms with Crippen LogP contribution in [0.5, 0.6) is 0 Å². The van der Waals surface area contributed by atoms with Crippen molar-refractivity contribution in [3.8, 4) is 0 Å². The summed E-state index contributed by atoms with van der Waals surface area (Å²) in [6.45, 7) is 2.09. The summed E-state index contributed by atoms with van der Waals surface area (Å²) >= 11 is 1.73. The third kappa shape index (κ3) is 1.25. The van der Waals surface area contributed by atoms with Crippen LogP contribution in [0.15, 0.2) is 11.4 Å². The molecular formula is C9H11NOS. The minimum atomic E-state index is 0.188. The van der Waals surface area contributed by atoms with Crippen LogP contribution in [-0.4, -0.2) is 5.91 Å². The molecule has 1 aromatic rings. The molecule has 1 N–H and O–H groups in total. The molecule has 1 fully saturated rings. The summed E-state index contributed by atoms with van der Waals surface area (Å²) in [6, 6.07) is 2.39. The second kappa shape index (κ2) is 2.90. The molecule has 2 rings (SSSR count). The maximum Gasteiger partial charge on any atom is 0.220 e. The highest BCUT2D eigenvalue weighted by Gasteiger charge is 2.23. The highest BCUT2D eigenvalue weighted by molar-refractivity contribution is 7.10. The SMILES string of the molecule is Cc1ccsc1C1CCC(=O)N1. The van der Waals surface area contributed by atoms with Gasteiger partial charge < -0.3 is 5.32 Å². The number of rotatable bonds is 1. The first-order valence-corrected chi connectivity index (χ1v) is 4.98. The fourth-order valence-electron chi connectivity index (χ4n) is 1.55. The van der Waals surface area contributed by atoms with Crippen LogP contribution < -0.4 is 5.32 Å². The normalized spacial score (nSPS) is 22.8. The molecule has 2 heterocycles. The summed E-state index contributed by atoms with van der Waals surface area (Å²) in [6.07, 6.45) is 1.64. The first-order valence-electron chi connectivity index (χ1n) is 4.11. The number of carbonyl (C=O) groups excluding carboxylic acids is 1. The molecule has 3 heteroatoms. The van der Waals surface area contributed by atoms with Crippen molar-refractivity contribution < 1.29 is 4.79 Å². The molecule has 1 saturated heterocycles. The van der Waals surface area contributed by atoms with Crippen LogP contribution in [0.25, 0.3) is 0 Å². The van der Waals surface area contributed by atoms with E-state index in [0.717, 1.165) is 6.42 Å². The number of aryl methyl sites for hydroxylation is 1. The zero-order chi connectivity index (χ0) is 8.55. The van der Waals surface area contributed by atoms with Crippen LogP contribution in [0.1, 0.15) is 29.3 Å². The van der Waals surface area contributed by atoms with Gasteiger partial charge in [-0.15, -0.1) is 11.3 Å². The van der Waals surface area contributed by atoms with Crippen LogP contribution in [0, 0.1) is 6.92 Å². The first kappa shape index (κ1) is 7.80. The van der Waals surface area contributed by atoms with Crippen LogP contribution in [-0.2, 0) is 4.79 Å². The van der Waals surface area contributed by atoms with Crippen LogP contribution in [0.3, 0.4) is 0 Å². The summed E-state index contributed by atoms with van der Waals surface area (Å²) in [5.74, 6) is 0.188. The zero-order valence-corrected chi connectivity index (χ0v) is 7.78. The first-order chi connectivity index (χ1) is 5.77. The van der Waals surface area contributed by atoms with Crippen molar-refractivity contribution in [3.05, 3.63) is 21.9 Å². The monoisotopic (exact) mass is 181 g/mol. The summed E-state index contributed by atoms with van der Waals surface area (Å²) in [4.78, 5) is 12.3. The Labute approximate surface area is 75.6 Å². The minimum absolute atomic E-state index is 0.188. The zero-order valence-electron chi connectivity index (χ0n) is 6.96. The predicted molar refractivity (Wildman–Crippen MR) is 49.2 cm³/mol. The van der Waals surface area contributed by atoms with Gasteiger partial charge in [-0.1, -0.05) is 0 Å². The third-order valence-electron chi connectivity index (χ3n) is 2.21. The Balaban J connectivity index is 2.21. The molecule has 1 unspecified atom stereocenters. The summed E-state index contributed by atoms with van der Waals surface area (Å²) in [5.41, 5.74) is 1.30. The highest BCUT2D eigenvalue weighted by Crippen LogP contribution is 2.30. The van der Waals surface area contributed by atoms with E-state index in [1.54, 1.807) is 11.3 Å². The van der Waals surface area contributed by atoms with Crippen molar-refractivity contribution in [2.24, 2.45) is 0 Å². The molecule has 0 aromatic carbocycles. The van der Waals surface area contributed by atoms with E-state index in [4.69, 9.17) is 0 Å². The molecule has 64 valence electrons. The molecule has 0 aliphatic carbocycles. The van der Waals surface area contributed by atoms with E-state index < -0.39 is 0 Å². The van der Waals surface area contributed by atoms with E-state index in [0.29, 0.717) is 6.42 Å². The van der Waals surface area contributed by atoms with Gasteiger partial charge in [-0.3, -0.25) is 4.79 Å². The Bertz CT molecular complexity index is 305. The van der Waals surface area contributed by atoms with Gasteiger partial charge in [-0.25, -0.2) is 0 Å². The lowest BCUT2D eigenvalue weighted by Crippen LogP contribution is -2.17. The second-order valence-corrected chi connectivity index (χ2v) is 4.07. The number of hydrogen-bond acceptors (Lipinski definition) is 2. The van der Waals surface area contributed by atoms with Crippen molar-refractivity contribution in [2.45, 2.75) is 25.8 Å². The lowest BCUT2D eigenvalue weighted by molar-refractivity contribution is -0.119. The van der Waals surface area contributed by atoms with Gasteiger partial charge in [0.1, 0.15) is 0 Å². The van der Waals surface area contributed by atoms with Gasteiger partial charge in [-0.2, -0.15) is 0 Å². The number of carbonyl (C=O) groups is 1. The Morgan fingerprint density at radius 3 is 3.00 bits per heavy atom. The molecule has 1 atom stereocenters. The molecule has 0 saturated carbocycles. The van der Waals surface area contributed by atoms with Crippen LogP contribution in [0.2, 0.25) is 0 Å². The quantitative estimate of drug-likeness (QED) is 0.705. The van der Waals surface area contributed by atoms with Gasteiger partial charge >= 0.3 is 0 Å². The predicted octanol–water partition coefficient (Wildman–Crippen LogP) is 2.01. The van der Waals surface area contributed by atoms with Crippen LogP contribution in [0.4, 0.5) is 0 Å². The van der Waals surface area contributed by atoms with Crippen molar-refractivity contribution in [2.75, 3.05) is 0 Å². The number of amides is 1. The Morgan fingerprint density at radius 2 is 2.50 bits per heavy atom. The second-order valence-electron chi connectivity index (χ2n) is 3.13. The summed E-state index contributed by atoms with van der Waals surface area (Å²) in [7, 11) is 0. The van der Waals surface area contributed by atoms with E-state index in [1.165, 1.54) is 10.4 Å². The standard InChI is InChI=1S/C9H11NOS/c1-6-4-5-12-9(6)7-2-3-8(11)10-7/h4-5,7H,2-3H2,1H3,(H,10,11). The number of nitrogens with one attached hydrogen (secondary N) is 1. The van der Waals surface area contributed by atoms with Gasteiger partial charge in [0, 0.05) is 11.3 Å². The minimum Gasteiger partial charge on any atom is -0.348 e. The molecule has 0 spiro atoms. The van der Waals surface area contributed by atoms with E-state index >= 15 is 0 Å². The lowest BCUT2D eigenvalue weighted by atomic mass is 10.1. The fraction of sp³-hybridized carbons (Fsp3) is 0.444. The molecule has 1 aliphatic rings. The van der Waals surface area contributed by atoms with Gasteiger partial charge in [0.15, 0.2) is 0 Å². The van der Waals surface area contributed by atoms with Crippen molar-refractivity contribution in [1.82, 2.24) is 5.32 Å². The largest absolute Gasteiger partial charge is 0.348 e. The molecule has 1 aromatic heterocycles. The van der Waals surface area contributed by atoms with Gasteiger partial charge in [0.05, 0.1) is 6.04 Å². The third-order valence-corrected chi connectivity index (χ3v) is 3.35. The molecule has 1 aliphatic heterocycles. The Morgan fingerprint density at radius 1 is 1.67 bits per heavy atom. The van der Waals surface area contributed by atoms with Crippen molar-refractivity contribution >= 4 is 17.2 Å². The molecule has 0 radical (unpaired) electrons. The lowest BCUT2D eigenvalue weighted by Gasteiger charge is -2.07. The fourth-order valence-corrected chi connectivity index (χ4v) is 2.57. The Hall–Kier alpha value is -0.830. The van der Waals surface area contributed by atoms with E-state index in [9.17, 15) is 4.79 Å². The Kier molecular flexibility index (Phi) is 1.89. The molecule has 1 amide bonds. The van der Waals surface area contributed by atoms with E-state index in [2.05, 4.69) is 23.7 Å². The van der Waals surface area contributed by atoms with E-state index in [1.807, 2.05) is 0 Å². The van der Waals surface area contributed by atoms with Crippen molar-refractivity contribution in [1.29, 1.82) is 0 Å². The van der Waals surface area contributed by atoms with Gasteiger partial charge in [-0.05, 0) is 30.4 Å². The average molecular weight is 181 g/mol. The highest BCUT2D eigenvalue weighted by atomic mass is 32.1. The topological polar surface area (TPSA) is 29.1 Å². The number of hydrogen-bond donors (Lipinski definition) is 1. The van der Waals surface area contributed by atoms with E-state index in [-0.39, 0.29) is 11.9 Å². The molecule has 2 nitrogen and oxygen atoms in total. The maximum atomic E-state index is 11.0. The van der Waals surface area contributed by atoms with Gasteiger partial charge in [0.25, 0.3) is 0 Å². The smallest absolute Gasteiger partial charge is 0.220 e. The van der Waals surface area contributed by atoms with Crippen LogP contribution >= 0.6 is 11.3 Å². The average Bonchev–Trinajstić information content (AvgIpc) is 2.58. The summed E-state index contributed by atoms with van der Waals surface area (Å²) in [5, 5.41) is 5.05. The number of thiophene rings is 1. The molecule has 0 bridgehead atoms. The maximum absolute atomic E-state index is 11.0. The summed E-state index contributed by atoms with van der Waals surface area (Å²) < 4.78 is 0. The van der Waals surface area contributed by atoms with Crippen molar-refractivity contribution in [3.63, 3.8) is 0 Å².